The van der Waals surface area contributed by atoms with E-state index in [0.29, 0.717) is 28.6 Å². The first-order valence-electron chi connectivity index (χ1n) is 21.3. The molecule has 0 spiro atoms. The molecule has 0 amide bonds. The van der Waals surface area contributed by atoms with E-state index in [-0.39, 0.29) is 52.5 Å². The number of nitrogens with one attached hydrogen (secondary N) is 2. The topological polar surface area (TPSA) is 231 Å². The lowest BCUT2D eigenvalue weighted by molar-refractivity contribution is -1.04. The number of aliphatic hydroxyl groups is 3. The number of aliphatic hydroxyl groups excluding tert-OH is 3. The van der Waals surface area contributed by atoms with E-state index in [1.165, 1.54) is 36.6 Å². The number of hydroxylamine groups is 2. The number of esters is 1. The third-order valence-corrected chi connectivity index (χ3v) is 12.1. The average molecular weight is 867 g/mol. The summed E-state index contributed by atoms with van der Waals surface area (Å²) in [5.74, 6) is -4.03. The molecule has 0 radical (unpaired) electrons. The highest BCUT2D eigenvalue weighted by Gasteiger charge is 2.52. The van der Waals surface area contributed by atoms with Gasteiger partial charge in [0.05, 0.1) is 10.9 Å². The summed E-state index contributed by atoms with van der Waals surface area (Å²) in [6.07, 6.45) is 1.82. The lowest BCUT2D eigenvalue weighted by atomic mass is 9.91. The molecular weight excluding hydrogens is 815 g/mol. The number of allylic oxidation sites excluding steroid dienone is 1. The molecule has 1 aliphatic carbocycles. The van der Waals surface area contributed by atoms with Gasteiger partial charge >= 0.3 is 11.9 Å². The number of aliphatic carboxylic acids is 1. The van der Waals surface area contributed by atoms with Crippen LogP contribution in [0.5, 0.6) is 11.5 Å². The van der Waals surface area contributed by atoms with E-state index >= 15 is 0 Å². The van der Waals surface area contributed by atoms with Gasteiger partial charge in [0.25, 0.3) is 0 Å². The number of aromatic hydroxyl groups is 1. The molecule has 7 N–H and O–H groups in total. The number of aryl methyl sites for hydroxylation is 2. The zero-order valence-corrected chi connectivity index (χ0v) is 34.9. The zero-order valence-electron chi connectivity index (χ0n) is 34.9. The number of carbonyl (C=O) groups excluding carboxylic acids is 1. The number of ether oxygens (including phenoxy) is 3. The predicted octanol–water partition coefficient (Wildman–Crippen LogP) is 3.10. The molecule has 16 heteroatoms. The molecule has 8 rings (SSSR count). The number of nitrogens with zero attached hydrogens (tertiary/aromatic N) is 1. The number of carbonyl (C=O) groups is 2. The molecule has 8 atom stereocenters. The number of phenols is 1. The molecule has 332 valence electrons. The highest BCUT2D eigenvalue weighted by molar-refractivity contribution is 5.95. The number of carboxylic acid groups (broad SMARTS) is 1. The van der Waals surface area contributed by atoms with Crippen LogP contribution in [0, 0.1) is 19.8 Å². The number of rotatable bonds is 15. The van der Waals surface area contributed by atoms with Crippen molar-refractivity contribution in [2.24, 2.45) is 10.9 Å². The first-order chi connectivity index (χ1) is 30.4. The van der Waals surface area contributed by atoms with Crippen LogP contribution in [0.1, 0.15) is 55.2 Å². The maximum atomic E-state index is 13.6. The summed E-state index contributed by atoms with van der Waals surface area (Å²) in [6, 6.07) is 15.7. The van der Waals surface area contributed by atoms with Gasteiger partial charge in [-0.2, -0.15) is 9.90 Å². The first-order valence-corrected chi connectivity index (χ1v) is 21.3. The summed E-state index contributed by atoms with van der Waals surface area (Å²) in [5.41, 5.74) is 5.85. The van der Waals surface area contributed by atoms with Gasteiger partial charge in [-0.3, -0.25) is 14.4 Å². The van der Waals surface area contributed by atoms with Crippen LogP contribution in [-0.2, 0) is 23.9 Å². The quantitative estimate of drug-likeness (QED) is 0.0673. The van der Waals surface area contributed by atoms with Crippen molar-refractivity contribution in [2.45, 2.75) is 95.2 Å². The van der Waals surface area contributed by atoms with E-state index in [4.69, 9.17) is 23.5 Å². The number of hydrogen-bond donors (Lipinski definition) is 7. The van der Waals surface area contributed by atoms with Crippen LogP contribution in [-0.4, -0.2) is 106 Å². The van der Waals surface area contributed by atoms with E-state index in [1.807, 2.05) is 38.1 Å². The zero-order chi connectivity index (χ0) is 44.4. The second kappa shape index (κ2) is 18.9. The van der Waals surface area contributed by atoms with Crippen LogP contribution in [0.15, 0.2) is 98.5 Å². The van der Waals surface area contributed by atoms with Gasteiger partial charge in [0.1, 0.15) is 60.5 Å². The number of carboxylic acids is 1. The Labute approximate surface area is 362 Å². The normalized spacial score (nSPS) is 24.6. The third kappa shape index (κ3) is 9.48. The van der Waals surface area contributed by atoms with Gasteiger partial charge in [-0.15, -0.1) is 0 Å². The standard InChI is InChI=1S/C47H51N3O13/c1-25-18-26(2)20-29(19-25)40-39-28(14-16-48-39)22-50(40)63-44-43(55)42(54)37(24-60-46(58)38(45(56)57)35(15-17-51)49-30-6-4-3-5-7-30)62-47(44)61-32-12-13-33-36(21-32)59-23-34(41(33)53)27-8-10-31(52)11-9-27/h8-14,16,18-21,23,30,35,37-38,42-44,47,49,51-52,54-55H,3-7,15,17,22,24H2,1-2H3,(H,56,57)/p+1. The summed E-state index contributed by atoms with van der Waals surface area (Å²) in [4.78, 5) is 50.9. The summed E-state index contributed by atoms with van der Waals surface area (Å²) in [6.45, 7) is 3.26. The molecule has 1 saturated heterocycles. The molecule has 16 nitrogen and oxygen atoms in total. The Balaban J connectivity index is 1.07. The molecule has 4 aliphatic rings. The summed E-state index contributed by atoms with van der Waals surface area (Å²) < 4.78 is 24.1. The largest absolute Gasteiger partial charge is 0.508 e. The molecule has 4 heterocycles. The van der Waals surface area contributed by atoms with Crippen LogP contribution in [0.4, 0.5) is 0 Å². The Bertz CT molecular complexity index is 2470. The Hall–Kier alpha value is -5.72. The van der Waals surface area contributed by atoms with Crippen molar-refractivity contribution < 1.29 is 63.7 Å². The van der Waals surface area contributed by atoms with Crippen LogP contribution in [0.3, 0.4) is 0 Å². The second-order valence-corrected chi connectivity index (χ2v) is 16.6. The summed E-state index contributed by atoms with van der Waals surface area (Å²) in [7, 11) is 0. The molecular formula is C47H52N3O13+. The fourth-order valence-corrected chi connectivity index (χ4v) is 8.97. The van der Waals surface area contributed by atoms with Gasteiger partial charge in [-0.1, -0.05) is 48.6 Å². The molecule has 1 saturated carbocycles. The highest BCUT2D eigenvalue weighted by atomic mass is 16.8. The number of hydrogen-bond acceptors (Lipinski definition) is 14. The molecule has 0 bridgehead atoms. The Kier molecular flexibility index (Phi) is 13.2. The fraction of sp³-hybridized carbons (Fsp3) is 0.404. The van der Waals surface area contributed by atoms with E-state index in [9.17, 15) is 39.9 Å². The molecule has 3 aromatic carbocycles. The maximum Gasteiger partial charge on any atom is 0.322 e. The SMILES string of the molecule is Cc1cc(C)cc(C2=C3N=CC=C3C[NH+]2OC2C(Oc3ccc4c(=O)c(-c5ccc(O)cc5)coc4c3)OC(COC(=O)C(C(=O)O)C(CCO)NC3CCCCC3)C(O)C2O)c1. The van der Waals surface area contributed by atoms with Crippen LogP contribution >= 0.6 is 0 Å². The summed E-state index contributed by atoms with van der Waals surface area (Å²) >= 11 is 0. The van der Waals surface area contributed by atoms with Gasteiger partial charge in [0, 0.05) is 42.1 Å². The fourth-order valence-electron chi connectivity index (χ4n) is 8.97. The lowest BCUT2D eigenvalue weighted by Gasteiger charge is -2.41. The Morgan fingerprint density at radius 3 is 2.43 bits per heavy atom. The number of quaternary nitrogens is 1. The van der Waals surface area contributed by atoms with Crippen LogP contribution in [0.25, 0.3) is 27.8 Å². The number of aliphatic imine (C=N–C) groups is 1. The summed E-state index contributed by atoms with van der Waals surface area (Å²) in [5, 5.41) is 57.2. The predicted molar refractivity (Wildman–Crippen MR) is 229 cm³/mol. The van der Waals surface area contributed by atoms with Gasteiger partial charge in [-0.05, 0) is 81.1 Å². The van der Waals surface area contributed by atoms with Crippen molar-refractivity contribution in [3.05, 3.63) is 111 Å². The molecule has 8 unspecified atom stereocenters. The van der Waals surface area contributed by atoms with E-state index in [0.717, 1.165) is 54.4 Å². The minimum absolute atomic E-state index is 0.00984. The van der Waals surface area contributed by atoms with Gasteiger partial charge in [0.15, 0.2) is 17.0 Å². The van der Waals surface area contributed by atoms with E-state index in [2.05, 4.69) is 10.3 Å². The molecule has 4 aromatic rings. The van der Waals surface area contributed by atoms with Crippen LogP contribution < -0.4 is 20.5 Å². The molecule has 3 aliphatic heterocycles. The first kappa shape index (κ1) is 43.9. The van der Waals surface area contributed by atoms with Crippen molar-refractivity contribution in [2.75, 3.05) is 19.8 Å². The van der Waals surface area contributed by atoms with Crippen molar-refractivity contribution >= 4 is 34.8 Å². The van der Waals surface area contributed by atoms with Gasteiger partial charge in [-0.25, -0.2) is 4.99 Å². The van der Waals surface area contributed by atoms with Gasteiger partial charge < -0.3 is 49.5 Å². The van der Waals surface area contributed by atoms with Gasteiger partial charge in [0.2, 0.25) is 12.4 Å². The van der Waals surface area contributed by atoms with E-state index in [1.54, 1.807) is 18.3 Å². The maximum absolute atomic E-state index is 13.6. The van der Waals surface area contributed by atoms with Crippen molar-refractivity contribution in [1.82, 2.24) is 5.32 Å². The molecule has 1 aromatic heterocycles. The van der Waals surface area contributed by atoms with Crippen LogP contribution in [0.2, 0.25) is 0 Å². The van der Waals surface area contributed by atoms with Crippen molar-refractivity contribution in [3.63, 3.8) is 0 Å². The third-order valence-electron chi connectivity index (χ3n) is 12.1. The Morgan fingerprint density at radius 2 is 1.71 bits per heavy atom. The van der Waals surface area contributed by atoms with Crippen molar-refractivity contribution in [3.8, 4) is 22.6 Å². The number of fused-ring (bicyclic) bond motifs is 2. The lowest BCUT2D eigenvalue weighted by Crippen LogP contribution is -3.08. The Morgan fingerprint density at radius 1 is 0.968 bits per heavy atom. The second-order valence-electron chi connectivity index (χ2n) is 16.6. The minimum Gasteiger partial charge on any atom is -0.508 e. The van der Waals surface area contributed by atoms with E-state index < -0.39 is 61.2 Å². The highest BCUT2D eigenvalue weighted by Crippen LogP contribution is 2.33. The molecule has 2 fully saturated rings. The number of benzene rings is 3. The average Bonchev–Trinajstić information content (AvgIpc) is 3.85. The smallest absolute Gasteiger partial charge is 0.322 e. The number of phenolic OH excluding ortho intramolecular Hbond substituents is 1. The molecule has 63 heavy (non-hydrogen) atoms. The van der Waals surface area contributed by atoms with Crippen molar-refractivity contribution in [1.29, 1.82) is 0 Å². The monoisotopic (exact) mass is 866 g/mol. The minimum atomic E-state index is -1.71.